The van der Waals surface area contributed by atoms with Gasteiger partial charge in [-0.25, -0.2) is 0 Å². The molecule has 1 aliphatic rings. The predicted octanol–water partition coefficient (Wildman–Crippen LogP) is 2.04. The molecule has 3 N–H and O–H groups in total. The maximum Gasteiger partial charge on any atom is 0.229 e. The summed E-state index contributed by atoms with van der Waals surface area (Å²) in [5.74, 6) is 1.49. The van der Waals surface area contributed by atoms with Gasteiger partial charge in [0.25, 0.3) is 0 Å². The zero-order chi connectivity index (χ0) is 11.5. The summed E-state index contributed by atoms with van der Waals surface area (Å²) in [7, 11) is 0. The van der Waals surface area contributed by atoms with E-state index in [0.29, 0.717) is 5.88 Å². The van der Waals surface area contributed by atoms with E-state index in [2.05, 4.69) is 5.32 Å². The molecule has 0 saturated heterocycles. The normalized spacial score (nSPS) is 25.4. The molecule has 1 aliphatic carbocycles. The van der Waals surface area contributed by atoms with Gasteiger partial charge in [0.1, 0.15) is 5.76 Å². The maximum atomic E-state index is 11.9. The van der Waals surface area contributed by atoms with Gasteiger partial charge in [-0.3, -0.25) is 10.1 Å². The minimum absolute atomic E-state index is 0.0567. The van der Waals surface area contributed by atoms with Crippen molar-refractivity contribution >= 4 is 11.8 Å². The summed E-state index contributed by atoms with van der Waals surface area (Å²) in [4.78, 5) is 11.9. The van der Waals surface area contributed by atoms with Crippen molar-refractivity contribution in [3.8, 4) is 0 Å². The van der Waals surface area contributed by atoms with Gasteiger partial charge in [-0.1, -0.05) is 0 Å². The Hall–Kier alpha value is -1.29. The van der Waals surface area contributed by atoms with Gasteiger partial charge in [-0.15, -0.1) is 0 Å². The first-order valence-electron chi connectivity index (χ1n) is 5.78. The van der Waals surface area contributed by atoms with E-state index in [1.807, 2.05) is 13.0 Å². The van der Waals surface area contributed by atoms with Crippen LogP contribution in [0.1, 0.15) is 31.4 Å². The summed E-state index contributed by atoms with van der Waals surface area (Å²) in [6, 6.07) is 3.89. The van der Waals surface area contributed by atoms with Crippen molar-refractivity contribution in [2.45, 2.75) is 38.6 Å². The van der Waals surface area contributed by atoms with E-state index in [4.69, 9.17) is 10.2 Å². The molecule has 0 aromatic carbocycles. The Morgan fingerprint density at radius 2 is 2.06 bits per heavy atom. The monoisotopic (exact) mass is 222 g/mol. The van der Waals surface area contributed by atoms with E-state index in [-0.39, 0.29) is 17.9 Å². The molecule has 1 fully saturated rings. The molecule has 0 atom stereocenters. The van der Waals surface area contributed by atoms with Crippen molar-refractivity contribution in [3.63, 3.8) is 0 Å². The lowest BCUT2D eigenvalue weighted by Gasteiger charge is -2.24. The first kappa shape index (κ1) is 11.2. The molecule has 0 unspecified atom stereocenters. The minimum atomic E-state index is 0.0567. The van der Waals surface area contributed by atoms with E-state index in [1.54, 1.807) is 6.07 Å². The Balaban J connectivity index is 1.88. The Morgan fingerprint density at radius 3 is 2.62 bits per heavy atom. The number of furan rings is 1. The van der Waals surface area contributed by atoms with Crippen LogP contribution < -0.4 is 11.1 Å². The Morgan fingerprint density at radius 1 is 1.38 bits per heavy atom. The summed E-state index contributed by atoms with van der Waals surface area (Å²) in [6.07, 6.45) is 3.64. The van der Waals surface area contributed by atoms with E-state index in [0.717, 1.165) is 31.4 Å². The quantitative estimate of drug-likeness (QED) is 0.804. The lowest BCUT2D eigenvalue weighted by atomic mass is 9.86. The second-order valence-corrected chi connectivity index (χ2v) is 4.51. The molecule has 4 heteroatoms. The molecule has 1 saturated carbocycles. The van der Waals surface area contributed by atoms with Gasteiger partial charge in [-0.2, -0.15) is 0 Å². The fraction of sp³-hybridized carbons (Fsp3) is 0.583. The Bertz CT molecular complexity index is 365. The van der Waals surface area contributed by atoms with E-state index in [9.17, 15) is 4.79 Å². The molecule has 0 aliphatic heterocycles. The number of hydrogen-bond acceptors (Lipinski definition) is 3. The molecule has 88 valence electrons. The van der Waals surface area contributed by atoms with Crippen molar-refractivity contribution in [1.82, 2.24) is 0 Å². The summed E-state index contributed by atoms with van der Waals surface area (Å²) >= 11 is 0. The van der Waals surface area contributed by atoms with Crippen LogP contribution >= 0.6 is 0 Å². The van der Waals surface area contributed by atoms with Gasteiger partial charge < -0.3 is 10.2 Å². The van der Waals surface area contributed by atoms with Gasteiger partial charge in [0.05, 0.1) is 0 Å². The zero-order valence-corrected chi connectivity index (χ0v) is 9.53. The van der Waals surface area contributed by atoms with Gasteiger partial charge in [-0.05, 0) is 38.7 Å². The average molecular weight is 222 g/mol. The lowest BCUT2D eigenvalue weighted by Crippen LogP contribution is -2.32. The topological polar surface area (TPSA) is 68.3 Å². The largest absolute Gasteiger partial charge is 0.446 e. The molecule has 16 heavy (non-hydrogen) atoms. The van der Waals surface area contributed by atoms with E-state index in [1.165, 1.54) is 0 Å². The summed E-state index contributed by atoms with van der Waals surface area (Å²) in [5.41, 5.74) is 5.80. The van der Waals surface area contributed by atoms with Crippen LogP contribution in [0, 0.1) is 12.8 Å². The van der Waals surface area contributed by atoms with Crippen LogP contribution in [0.5, 0.6) is 0 Å². The third-order valence-corrected chi connectivity index (χ3v) is 3.13. The summed E-state index contributed by atoms with van der Waals surface area (Å²) < 4.78 is 5.31. The second kappa shape index (κ2) is 4.70. The smallest absolute Gasteiger partial charge is 0.229 e. The number of amides is 1. The number of rotatable bonds is 2. The predicted molar refractivity (Wildman–Crippen MR) is 62.0 cm³/mol. The molecule has 1 heterocycles. The van der Waals surface area contributed by atoms with Crippen molar-refractivity contribution in [1.29, 1.82) is 0 Å². The van der Waals surface area contributed by atoms with Gasteiger partial charge in [0.15, 0.2) is 5.88 Å². The van der Waals surface area contributed by atoms with Gasteiger partial charge in [0, 0.05) is 18.0 Å². The van der Waals surface area contributed by atoms with Crippen LogP contribution in [0.25, 0.3) is 0 Å². The SMILES string of the molecule is Cc1ccc(NC(=O)C2CCC(N)CC2)o1. The van der Waals surface area contributed by atoms with Crippen LogP contribution in [0.3, 0.4) is 0 Å². The number of carbonyl (C=O) groups is 1. The fourth-order valence-corrected chi connectivity index (χ4v) is 2.11. The molecule has 0 spiro atoms. The molecule has 1 aromatic rings. The highest BCUT2D eigenvalue weighted by molar-refractivity contribution is 5.91. The maximum absolute atomic E-state index is 11.9. The number of nitrogens with one attached hydrogen (secondary N) is 1. The van der Waals surface area contributed by atoms with Crippen LogP contribution in [-0.2, 0) is 4.79 Å². The van der Waals surface area contributed by atoms with E-state index < -0.39 is 0 Å². The number of carbonyl (C=O) groups excluding carboxylic acids is 1. The second-order valence-electron chi connectivity index (χ2n) is 4.51. The first-order valence-corrected chi connectivity index (χ1v) is 5.78. The van der Waals surface area contributed by atoms with Crippen molar-refractivity contribution in [2.24, 2.45) is 11.7 Å². The summed E-state index contributed by atoms with van der Waals surface area (Å²) in [6.45, 7) is 1.86. The fourth-order valence-electron chi connectivity index (χ4n) is 2.11. The highest BCUT2D eigenvalue weighted by Crippen LogP contribution is 2.24. The summed E-state index contributed by atoms with van der Waals surface area (Å²) in [5, 5.41) is 2.80. The molecular formula is C12H18N2O2. The molecule has 0 radical (unpaired) electrons. The third-order valence-electron chi connectivity index (χ3n) is 3.13. The molecule has 2 rings (SSSR count). The molecule has 1 aromatic heterocycles. The van der Waals surface area contributed by atoms with Crippen LogP contribution in [0.4, 0.5) is 5.88 Å². The van der Waals surface area contributed by atoms with E-state index >= 15 is 0 Å². The highest BCUT2D eigenvalue weighted by atomic mass is 16.4. The van der Waals surface area contributed by atoms with Gasteiger partial charge in [0.2, 0.25) is 5.91 Å². The van der Waals surface area contributed by atoms with Crippen molar-refractivity contribution < 1.29 is 9.21 Å². The zero-order valence-electron chi connectivity index (χ0n) is 9.53. The van der Waals surface area contributed by atoms with Gasteiger partial charge >= 0.3 is 0 Å². The first-order chi connectivity index (χ1) is 7.65. The Kier molecular flexibility index (Phi) is 3.29. The minimum Gasteiger partial charge on any atom is -0.446 e. The van der Waals surface area contributed by atoms with Crippen LogP contribution in [0.2, 0.25) is 0 Å². The highest BCUT2D eigenvalue weighted by Gasteiger charge is 2.24. The number of nitrogens with two attached hydrogens (primary N) is 1. The van der Waals surface area contributed by atoms with Crippen molar-refractivity contribution in [3.05, 3.63) is 17.9 Å². The number of anilines is 1. The molecule has 0 bridgehead atoms. The molecule has 4 nitrogen and oxygen atoms in total. The van der Waals surface area contributed by atoms with Crippen LogP contribution in [0.15, 0.2) is 16.5 Å². The molecule has 1 amide bonds. The number of aryl methyl sites for hydroxylation is 1. The Labute approximate surface area is 95.2 Å². The lowest BCUT2D eigenvalue weighted by molar-refractivity contribution is -0.120. The van der Waals surface area contributed by atoms with Crippen molar-refractivity contribution in [2.75, 3.05) is 5.32 Å². The standard InChI is InChI=1S/C12H18N2O2/c1-8-2-7-11(16-8)14-12(15)9-3-5-10(13)6-4-9/h2,7,9-10H,3-6,13H2,1H3,(H,14,15). The van der Waals surface area contributed by atoms with Crippen LogP contribution in [-0.4, -0.2) is 11.9 Å². The average Bonchev–Trinajstić information content (AvgIpc) is 2.65. The number of hydrogen-bond donors (Lipinski definition) is 2. The third kappa shape index (κ3) is 2.64. The molecular weight excluding hydrogens is 204 g/mol.